The van der Waals surface area contributed by atoms with E-state index in [9.17, 15) is 0 Å². The van der Waals surface area contributed by atoms with Crippen LogP contribution in [0, 0.1) is 0 Å². The molecule has 3 nitrogen and oxygen atoms in total. The minimum Gasteiger partial charge on any atom is -0.309 e. The molecule has 0 unspecified atom stereocenters. The Bertz CT molecular complexity index is 3330. The fourth-order valence-corrected chi connectivity index (χ4v) is 9.03. The Morgan fingerprint density at radius 1 is 0.351 bits per heavy atom. The molecule has 0 radical (unpaired) electrons. The number of rotatable bonds is 7. The fraction of sp³-hybridized carbons (Fsp3) is 0.0370. The summed E-state index contributed by atoms with van der Waals surface area (Å²) in [6.07, 6.45) is 9.37. The average molecular weight is 730 g/mol. The highest BCUT2D eigenvalue weighted by molar-refractivity contribution is 6.13. The first-order valence-corrected chi connectivity index (χ1v) is 19.8. The number of para-hydroxylation sites is 4. The molecule has 0 saturated heterocycles. The number of benzene rings is 8. The van der Waals surface area contributed by atoms with Crippen molar-refractivity contribution in [3.63, 3.8) is 0 Å². The molecule has 0 N–H and O–H groups in total. The minimum atomic E-state index is 0.895. The van der Waals surface area contributed by atoms with Crippen molar-refractivity contribution >= 4 is 65.4 Å². The second-order valence-corrected chi connectivity index (χ2v) is 14.9. The van der Waals surface area contributed by atoms with Crippen LogP contribution in [-0.4, -0.2) is 13.7 Å². The molecule has 0 aliphatic heterocycles. The zero-order valence-corrected chi connectivity index (χ0v) is 31.7. The summed E-state index contributed by atoms with van der Waals surface area (Å²) in [6, 6.07) is 66.9. The van der Waals surface area contributed by atoms with Gasteiger partial charge in [-0.25, -0.2) is 0 Å². The van der Waals surface area contributed by atoms with Gasteiger partial charge >= 0.3 is 0 Å². The molecule has 0 amide bonds. The molecule has 0 saturated carbocycles. The van der Waals surface area contributed by atoms with Gasteiger partial charge in [0.2, 0.25) is 0 Å². The standard InChI is InChI=1S/C54H39N3/c1-2-3-4-5-15-37-16-14-17-42(34-37)57-52-25-13-9-21-46(52)48-36-39(27-33-54(48)57)38-26-32-53-47(35-38)45-20-8-12-24-51(45)56(53)41-30-28-40(29-31-41)55-49-22-10-6-18-43(49)44-19-7-11-23-50(44)55/h2-14,16-36H,15H2,1H3/b3-2-,5-4-. The van der Waals surface area contributed by atoms with E-state index in [1.54, 1.807) is 0 Å². The predicted octanol–water partition coefficient (Wildman–Crippen LogP) is 14.3. The topological polar surface area (TPSA) is 14.8 Å². The van der Waals surface area contributed by atoms with E-state index in [0.29, 0.717) is 0 Å². The van der Waals surface area contributed by atoms with Crippen LogP contribution in [0.25, 0.3) is 93.6 Å². The van der Waals surface area contributed by atoms with E-state index in [-0.39, 0.29) is 0 Å². The third-order valence-corrected chi connectivity index (χ3v) is 11.6. The van der Waals surface area contributed by atoms with Crippen molar-refractivity contribution in [2.75, 3.05) is 0 Å². The lowest BCUT2D eigenvalue weighted by atomic mass is 10.0. The average Bonchev–Trinajstić information content (AvgIpc) is 3.91. The van der Waals surface area contributed by atoms with E-state index in [4.69, 9.17) is 0 Å². The second-order valence-electron chi connectivity index (χ2n) is 14.9. The van der Waals surface area contributed by atoms with Crippen molar-refractivity contribution in [3.8, 4) is 28.2 Å². The van der Waals surface area contributed by atoms with Crippen LogP contribution >= 0.6 is 0 Å². The predicted molar refractivity (Wildman–Crippen MR) is 243 cm³/mol. The zero-order valence-electron chi connectivity index (χ0n) is 31.7. The molecule has 0 bridgehead atoms. The molecule has 270 valence electrons. The van der Waals surface area contributed by atoms with Gasteiger partial charge in [0, 0.05) is 49.4 Å². The summed E-state index contributed by atoms with van der Waals surface area (Å²) in [5.74, 6) is 0. The Morgan fingerprint density at radius 3 is 1.25 bits per heavy atom. The Labute approximate surface area is 331 Å². The Morgan fingerprint density at radius 2 is 0.772 bits per heavy atom. The maximum absolute atomic E-state index is 2.41. The van der Waals surface area contributed by atoms with E-state index in [0.717, 1.165) is 17.8 Å². The molecule has 0 aliphatic rings. The maximum Gasteiger partial charge on any atom is 0.0541 e. The number of fused-ring (bicyclic) bond motifs is 9. The summed E-state index contributed by atoms with van der Waals surface area (Å²) in [6.45, 7) is 2.05. The van der Waals surface area contributed by atoms with Crippen molar-refractivity contribution in [3.05, 3.63) is 212 Å². The van der Waals surface area contributed by atoms with Gasteiger partial charge in [0.1, 0.15) is 0 Å². The second kappa shape index (κ2) is 13.4. The van der Waals surface area contributed by atoms with Gasteiger partial charge in [-0.15, -0.1) is 0 Å². The van der Waals surface area contributed by atoms with Gasteiger partial charge in [-0.05, 0) is 115 Å². The molecule has 3 heteroatoms. The highest BCUT2D eigenvalue weighted by Crippen LogP contribution is 2.39. The first-order valence-electron chi connectivity index (χ1n) is 19.8. The van der Waals surface area contributed by atoms with E-state index in [2.05, 4.69) is 220 Å². The highest BCUT2D eigenvalue weighted by Gasteiger charge is 2.17. The zero-order chi connectivity index (χ0) is 37.9. The molecule has 3 aromatic heterocycles. The van der Waals surface area contributed by atoms with Crippen LogP contribution < -0.4 is 0 Å². The summed E-state index contributed by atoms with van der Waals surface area (Å²) in [4.78, 5) is 0. The van der Waals surface area contributed by atoms with Crippen LogP contribution in [0.1, 0.15) is 12.5 Å². The molecular weight excluding hydrogens is 691 g/mol. The Kier molecular flexibility index (Phi) is 7.78. The minimum absolute atomic E-state index is 0.895. The third kappa shape index (κ3) is 5.35. The number of hydrogen-bond donors (Lipinski definition) is 0. The van der Waals surface area contributed by atoms with E-state index >= 15 is 0 Å². The van der Waals surface area contributed by atoms with E-state index in [1.807, 2.05) is 6.92 Å². The summed E-state index contributed by atoms with van der Waals surface area (Å²) < 4.78 is 7.20. The number of allylic oxidation sites excluding steroid dienone is 4. The van der Waals surface area contributed by atoms with Gasteiger partial charge in [-0.3, -0.25) is 0 Å². The fourth-order valence-electron chi connectivity index (χ4n) is 9.03. The van der Waals surface area contributed by atoms with Gasteiger partial charge in [0.25, 0.3) is 0 Å². The molecule has 0 fully saturated rings. The maximum atomic E-state index is 2.41. The molecular formula is C54H39N3. The lowest BCUT2D eigenvalue weighted by Gasteiger charge is -2.12. The SMILES string of the molecule is C/C=C\C=C/Cc1cccc(-n2c3ccccc3c3cc(-c4ccc5c(c4)c4ccccc4n5-c4ccc(-n5c6ccccc6c6ccccc65)cc4)ccc32)c1. The van der Waals surface area contributed by atoms with Crippen LogP contribution in [0.5, 0.6) is 0 Å². The molecule has 57 heavy (non-hydrogen) atoms. The van der Waals surface area contributed by atoms with Crippen LogP contribution in [-0.2, 0) is 6.42 Å². The summed E-state index contributed by atoms with van der Waals surface area (Å²) >= 11 is 0. The van der Waals surface area contributed by atoms with Gasteiger partial charge in [0.15, 0.2) is 0 Å². The van der Waals surface area contributed by atoms with Crippen molar-refractivity contribution in [1.29, 1.82) is 0 Å². The number of aromatic nitrogens is 3. The van der Waals surface area contributed by atoms with Gasteiger partial charge in [-0.2, -0.15) is 0 Å². The quantitative estimate of drug-likeness (QED) is 0.145. The van der Waals surface area contributed by atoms with Crippen LogP contribution in [0.15, 0.2) is 206 Å². The van der Waals surface area contributed by atoms with Gasteiger partial charge < -0.3 is 13.7 Å². The normalized spacial score (nSPS) is 12.2. The Balaban J connectivity index is 1.01. The summed E-state index contributed by atoms with van der Waals surface area (Å²) in [5.41, 5.74) is 14.5. The first kappa shape index (κ1) is 33.0. The summed E-state index contributed by atoms with van der Waals surface area (Å²) in [5, 5.41) is 7.56. The largest absolute Gasteiger partial charge is 0.309 e. The van der Waals surface area contributed by atoms with Gasteiger partial charge in [-0.1, -0.05) is 121 Å². The number of nitrogens with zero attached hydrogens (tertiary/aromatic N) is 3. The molecule has 3 heterocycles. The van der Waals surface area contributed by atoms with E-state index < -0.39 is 0 Å². The molecule has 0 spiro atoms. The summed E-state index contributed by atoms with van der Waals surface area (Å²) in [7, 11) is 0. The van der Waals surface area contributed by atoms with Gasteiger partial charge in [0.05, 0.1) is 33.1 Å². The molecule has 11 rings (SSSR count). The third-order valence-electron chi connectivity index (χ3n) is 11.6. The number of hydrogen-bond acceptors (Lipinski definition) is 0. The molecule has 0 atom stereocenters. The highest BCUT2D eigenvalue weighted by atomic mass is 15.0. The molecule has 11 aromatic rings. The molecule has 8 aromatic carbocycles. The van der Waals surface area contributed by atoms with Crippen molar-refractivity contribution in [1.82, 2.24) is 13.7 Å². The van der Waals surface area contributed by atoms with Crippen LogP contribution in [0.2, 0.25) is 0 Å². The van der Waals surface area contributed by atoms with Crippen molar-refractivity contribution in [2.24, 2.45) is 0 Å². The van der Waals surface area contributed by atoms with Crippen molar-refractivity contribution < 1.29 is 0 Å². The lowest BCUT2D eigenvalue weighted by Crippen LogP contribution is -1.97. The smallest absolute Gasteiger partial charge is 0.0541 e. The van der Waals surface area contributed by atoms with Crippen LogP contribution in [0.3, 0.4) is 0 Å². The van der Waals surface area contributed by atoms with Crippen LogP contribution in [0.4, 0.5) is 0 Å². The van der Waals surface area contributed by atoms with E-state index in [1.165, 1.54) is 87.8 Å². The Hall–Kier alpha value is -7.36. The molecule has 0 aliphatic carbocycles. The monoisotopic (exact) mass is 729 g/mol. The first-order chi connectivity index (χ1) is 28.2. The van der Waals surface area contributed by atoms with Crippen molar-refractivity contribution in [2.45, 2.75) is 13.3 Å². The lowest BCUT2D eigenvalue weighted by molar-refractivity contribution is 1.14.